The summed E-state index contributed by atoms with van der Waals surface area (Å²) in [6.45, 7) is 13.5. The van der Waals surface area contributed by atoms with Crippen molar-refractivity contribution in [2.24, 2.45) is 46.8 Å². The Morgan fingerprint density at radius 1 is 0.648 bits per heavy atom. The first-order valence-corrected chi connectivity index (χ1v) is 39.5. The van der Waals surface area contributed by atoms with E-state index in [2.05, 4.69) is 22.9 Å². The van der Waals surface area contributed by atoms with Crippen LogP contribution >= 0.6 is 0 Å². The van der Waals surface area contributed by atoms with Crippen molar-refractivity contribution >= 4 is 70.9 Å². The monoisotopic (exact) mass is 1530 g/mol. The van der Waals surface area contributed by atoms with Gasteiger partial charge in [0.1, 0.15) is 72.1 Å². The van der Waals surface area contributed by atoms with E-state index in [-0.39, 0.29) is 76.5 Å². The molecule has 0 aromatic heterocycles. The summed E-state index contributed by atoms with van der Waals surface area (Å²) < 4.78 is 79.2. The smallest absolute Gasteiger partial charge is 0.377 e. The van der Waals surface area contributed by atoms with Gasteiger partial charge in [0.05, 0.1) is 25.6 Å². The van der Waals surface area contributed by atoms with Crippen LogP contribution in [0.4, 0.5) is 22.0 Å². The second-order valence-corrected chi connectivity index (χ2v) is 33.6. The fourth-order valence-corrected chi connectivity index (χ4v) is 17.9. The molecular weight excluding hydrogens is 1410 g/mol. The number of nitrogens with zero attached hydrogens (tertiary/aromatic N) is 9. The lowest BCUT2D eigenvalue weighted by Gasteiger charge is -2.54. The molecule has 3 heterocycles. The molecule has 2 bridgehead atoms. The average Bonchev–Trinajstić information content (AvgIpc) is 0.930. The summed E-state index contributed by atoms with van der Waals surface area (Å²) in [5.74, 6) is -13.2. The molecule has 12 amide bonds. The Morgan fingerprint density at radius 2 is 1.25 bits per heavy atom. The molecule has 7 rings (SSSR count). The molecule has 12 atom stereocenters. The van der Waals surface area contributed by atoms with Gasteiger partial charge < -0.3 is 64.8 Å². The fraction of sp³-hybridized carbons (Fsp3) is 0.821. The van der Waals surface area contributed by atoms with Crippen molar-refractivity contribution in [2.45, 2.75) is 275 Å². The number of hydrogen-bond acceptors (Lipinski definition) is 13. The third-order valence-electron chi connectivity index (χ3n) is 24.8. The summed E-state index contributed by atoms with van der Waals surface area (Å²) in [7, 11) is 11.4. The molecule has 4 aliphatic carbocycles. The summed E-state index contributed by atoms with van der Waals surface area (Å²) in [4.78, 5) is 194. The van der Waals surface area contributed by atoms with Gasteiger partial charge in [-0.15, -0.1) is 0 Å². The predicted molar refractivity (Wildman–Crippen MR) is 394 cm³/mol. The third kappa shape index (κ3) is 21.2. The highest BCUT2D eigenvalue weighted by molar-refractivity contribution is 6.01. The number of hydrogen-bond donors (Lipinski definition) is 3. The minimum atomic E-state index is -5.18. The van der Waals surface area contributed by atoms with Crippen LogP contribution in [0.5, 0.6) is 0 Å². The molecule has 4 saturated carbocycles. The first-order valence-electron chi connectivity index (χ1n) is 39.5. The summed E-state index contributed by atoms with van der Waals surface area (Å²) >= 11 is 0. The average molecular weight is 1530 g/mol. The van der Waals surface area contributed by atoms with Crippen molar-refractivity contribution in [3.8, 4) is 0 Å². The van der Waals surface area contributed by atoms with Crippen LogP contribution in [0, 0.1) is 46.8 Å². The Hall–Kier alpha value is -7.01. The molecule has 2 unspecified atom stereocenters. The van der Waals surface area contributed by atoms with Crippen LogP contribution in [0.2, 0.25) is 0 Å². The van der Waals surface area contributed by atoms with E-state index in [1.54, 1.807) is 19.9 Å². The van der Waals surface area contributed by atoms with Gasteiger partial charge in [0.25, 0.3) is 0 Å². The molecule has 0 aromatic rings. The molecule has 0 aromatic carbocycles. The van der Waals surface area contributed by atoms with Gasteiger partial charge in [-0.05, 0) is 112 Å². The number of likely N-dealkylation sites (N-methyl/N-ethyl adjacent to an activating group) is 7. The van der Waals surface area contributed by atoms with E-state index in [1.807, 2.05) is 40.7 Å². The van der Waals surface area contributed by atoms with Crippen molar-refractivity contribution in [1.82, 2.24) is 60.0 Å². The fourth-order valence-electron chi connectivity index (χ4n) is 17.9. The van der Waals surface area contributed by atoms with Gasteiger partial charge in [-0.2, -0.15) is 13.2 Å². The number of fused-ring (bicyclic) bond motifs is 3. The van der Waals surface area contributed by atoms with Crippen molar-refractivity contribution in [2.75, 3.05) is 89.2 Å². The molecule has 7 aliphatic rings. The molecule has 3 N–H and O–H groups in total. The summed E-state index contributed by atoms with van der Waals surface area (Å²) in [5, 5.41) is 8.69. The van der Waals surface area contributed by atoms with Crippen LogP contribution in [0.3, 0.4) is 0 Å². The van der Waals surface area contributed by atoms with E-state index in [0.717, 1.165) is 54.7 Å². The maximum atomic E-state index is 15.8. The predicted octanol–water partition coefficient (Wildman–Crippen LogP) is 6.83. The SMILES string of the molecule is CCO[C@@H]1C[C@H]2C(=O)NC3(CC(C)(C)C3)C(=O)N(C)[C@@H](C(CC)CC)C(=O)N(C)[C@H](C(=O)N(C)C)CC(=O)N(C)[C@@H](CC3CCC3)C(=O)N[C@@H]([C@@H](C)CC)C(=O)N(C)CC(=O)N(C)[C@H]3C/C=C\CCN(C3=O)[C@@H](CC3CCC(C)CC3)C(=O)N(C)CC(=O)N[C@@H](CCC3CC(F)C(C(F)(F)F)C(F)C3)C(=O)N2C1. The van der Waals surface area contributed by atoms with E-state index in [0.29, 0.717) is 31.6 Å². The third-order valence-corrected chi connectivity index (χ3v) is 24.8. The topological polar surface area (TPSA) is 279 Å². The van der Waals surface area contributed by atoms with Gasteiger partial charge in [0.15, 0.2) is 0 Å². The quantitative estimate of drug-likeness (QED) is 0.112. The molecule has 25 nitrogen and oxygen atoms in total. The molecule has 3 aliphatic heterocycles. The molecule has 30 heteroatoms. The lowest BCUT2D eigenvalue weighted by Crippen LogP contribution is -2.71. The zero-order chi connectivity index (χ0) is 80.4. The van der Waals surface area contributed by atoms with Gasteiger partial charge in [0, 0.05) is 82.5 Å². The Labute approximate surface area is 635 Å². The van der Waals surface area contributed by atoms with Crippen molar-refractivity contribution < 1.29 is 84.2 Å². The number of amides is 12. The number of carbonyl (C=O) groups excluding carboxylic acids is 12. The second kappa shape index (κ2) is 37.8. The maximum Gasteiger partial charge on any atom is 0.397 e. The van der Waals surface area contributed by atoms with Crippen LogP contribution in [-0.4, -0.2) is 283 Å². The first kappa shape index (κ1) is 88.2. The molecule has 2 saturated heterocycles. The Balaban J connectivity index is 1.34. The normalized spacial score (nSPS) is 32.2. The first-order chi connectivity index (χ1) is 50.6. The van der Waals surface area contributed by atoms with E-state index < -0.39 is 217 Å². The maximum absolute atomic E-state index is 15.8. The zero-order valence-corrected chi connectivity index (χ0v) is 66.9. The highest BCUT2D eigenvalue weighted by Gasteiger charge is 2.60. The van der Waals surface area contributed by atoms with Crippen LogP contribution in [-0.2, 0) is 62.3 Å². The highest BCUT2D eigenvalue weighted by atomic mass is 19.4. The molecule has 610 valence electrons. The zero-order valence-electron chi connectivity index (χ0n) is 66.9. The molecule has 6 fully saturated rings. The van der Waals surface area contributed by atoms with E-state index in [1.165, 1.54) is 90.7 Å². The number of nitrogens with one attached hydrogen (secondary N) is 3. The van der Waals surface area contributed by atoms with Crippen LogP contribution < -0.4 is 16.0 Å². The van der Waals surface area contributed by atoms with E-state index in [9.17, 15) is 32.3 Å². The molecule has 1 spiro atoms. The Bertz CT molecular complexity index is 3220. The van der Waals surface area contributed by atoms with E-state index >= 15 is 47.1 Å². The summed E-state index contributed by atoms with van der Waals surface area (Å²) in [5.41, 5.74) is -2.31. The summed E-state index contributed by atoms with van der Waals surface area (Å²) in [6.07, 6.45) is -3.04. The lowest BCUT2D eigenvalue weighted by molar-refractivity contribution is -0.219. The van der Waals surface area contributed by atoms with Crippen molar-refractivity contribution in [3.63, 3.8) is 0 Å². The molecule has 0 radical (unpaired) electrons. The Kier molecular flexibility index (Phi) is 30.9. The molecule has 108 heavy (non-hydrogen) atoms. The van der Waals surface area contributed by atoms with Crippen LogP contribution in [0.1, 0.15) is 197 Å². The van der Waals surface area contributed by atoms with Crippen LogP contribution in [0.25, 0.3) is 0 Å². The van der Waals surface area contributed by atoms with Gasteiger partial charge in [-0.25, -0.2) is 8.78 Å². The molecular formula is C78H125F5N12O13. The highest BCUT2D eigenvalue weighted by Crippen LogP contribution is 2.50. The minimum Gasteiger partial charge on any atom is -0.377 e. The number of carbonyl (C=O) groups is 12. The van der Waals surface area contributed by atoms with Gasteiger partial charge in [-0.3, -0.25) is 57.5 Å². The van der Waals surface area contributed by atoms with Crippen molar-refractivity contribution in [1.29, 1.82) is 0 Å². The van der Waals surface area contributed by atoms with E-state index in [4.69, 9.17) is 4.74 Å². The number of alkyl halides is 5. The van der Waals surface area contributed by atoms with Crippen molar-refractivity contribution in [3.05, 3.63) is 12.2 Å². The van der Waals surface area contributed by atoms with Gasteiger partial charge in [0.2, 0.25) is 70.9 Å². The number of ether oxygens (including phenoxy) is 1. The standard InChI is InChI=1S/C78H125F5N12O13/c1-17-47(6)65-73(105)89(12)43-63(98)90(13)56-27-22-21-23-34-94(72(56)104)60(38-49-30-28-46(5)29-31-49)71(103)88(11)42-61(96)84-55(33-32-50-35-53(79)64(54(80)36-50)78(81,82)83)69(101)95-41-52(108-20-4)39-58(95)68(100)86-77(44-76(7,8)45-77)75(107)93(16)66(51(18-2)19-3)74(106)92(15)59(70(102)87(9)10)40-62(97)91(14)57(67(99)85-65)37-48-25-24-26-48/h21-22,46-60,64-66H,17-20,23-45H2,1-16H3,(H,84,96)(H,85,99)(H,86,100)/b22-21-/t46?,47-,49?,50?,52+,53?,54?,55-,56-,57-,58-,59-,60-,64?,65-,66-/m0/s1. The largest absolute Gasteiger partial charge is 0.397 e. The number of rotatable bonds is 15. The van der Waals surface area contributed by atoms with Crippen LogP contribution in [0.15, 0.2) is 12.2 Å². The number of halogens is 5. The summed E-state index contributed by atoms with van der Waals surface area (Å²) in [6, 6.07) is -10.7. The second-order valence-electron chi connectivity index (χ2n) is 33.6. The lowest BCUT2D eigenvalue weighted by atomic mass is 9.58. The van der Waals surface area contributed by atoms with Gasteiger partial charge >= 0.3 is 6.18 Å². The minimum absolute atomic E-state index is 0.0153. The Morgan fingerprint density at radius 3 is 1.81 bits per heavy atom. The van der Waals surface area contributed by atoms with Gasteiger partial charge in [-0.1, -0.05) is 125 Å².